The molecule has 2 heteroatoms. The fraction of sp³-hybridized carbons (Fsp3) is 0.727. The monoisotopic (exact) mass is 197 g/mol. The molecule has 0 aromatic carbocycles. The van der Waals surface area contributed by atoms with Gasteiger partial charge in [0, 0.05) is 18.0 Å². The molecular weight excluding hydrogens is 178 g/mol. The zero-order valence-electron chi connectivity index (χ0n) is 8.62. The molecule has 1 nitrogen and oxygen atoms in total. The lowest BCUT2D eigenvalue weighted by molar-refractivity contribution is 0.448. The molecule has 0 saturated heterocycles. The second-order valence-corrected chi connectivity index (χ2v) is 4.53. The topological polar surface area (TPSA) is 12.9 Å². The summed E-state index contributed by atoms with van der Waals surface area (Å²) < 4.78 is 0. The normalized spacial score (nSPS) is 13.1. The molecule has 0 aliphatic rings. The zero-order valence-corrected chi connectivity index (χ0v) is 9.44. The first-order valence-electron chi connectivity index (χ1n) is 5.25. The van der Waals surface area contributed by atoms with E-state index in [9.17, 15) is 0 Å². The van der Waals surface area contributed by atoms with Crippen LogP contribution in [0.5, 0.6) is 0 Å². The third kappa shape index (κ3) is 3.90. The van der Waals surface area contributed by atoms with Crippen molar-refractivity contribution in [1.29, 1.82) is 0 Å². The van der Waals surface area contributed by atoms with E-state index in [0.717, 1.165) is 5.92 Å². The van der Waals surface area contributed by atoms with Crippen molar-refractivity contribution in [3.8, 4) is 0 Å². The van der Waals surface area contributed by atoms with E-state index in [0.29, 0.717) is 0 Å². The van der Waals surface area contributed by atoms with Crippen LogP contribution >= 0.6 is 11.3 Å². The summed E-state index contributed by atoms with van der Waals surface area (Å²) >= 11 is 1.79. The summed E-state index contributed by atoms with van der Waals surface area (Å²) in [4.78, 5) is 4.33. The number of hydrogen-bond acceptors (Lipinski definition) is 2. The van der Waals surface area contributed by atoms with Gasteiger partial charge < -0.3 is 0 Å². The van der Waals surface area contributed by atoms with E-state index < -0.39 is 0 Å². The summed E-state index contributed by atoms with van der Waals surface area (Å²) in [5.74, 6) is 0.853. The van der Waals surface area contributed by atoms with Crippen LogP contribution in [0.15, 0.2) is 11.6 Å². The van der Waals surface area contributed by atoms with Gasteiger partial charge in [0.2, 0.25) is 0 Å². The largest absolute Gasteiger partial charge is 0.250 e. The summed E-state index contributed by atoms with van der Waals surface area (Å²) in [5.41, 5.74) is 0. The van der Waals surface area contributed by atoms with Gasteiger partial charge in [-0.15, -0.1) is 11.3 Å². The van der Waals surface area contributed by atoms with Crippen molar-refractivity contribution in [3.63, 3.8) is 0 Å². The molecule has 0 aliphatic carbocycles. The molecule has 0 spiro atoms. The number of unbranched alkanes of at least 4 members (excludes halogenated alkanes) is 1. The number of rotatable bonds is 6. The minimum atomic E-state index is 0.853. The summed E-state index contributed by atoms with van der Waals surface area (Å²) in [7, 11) is 0. The minimum absolute atomic E-state index is 0.853. The van der Waals surface area contributed by atoms with Crippen LogP contribution in [0.2, 0.25) is 0 Å². The molecule has 0 saturated carbocycles. The Morgan fingerprint density at radius 3 is 2.85 bits per heavy atom. The molecule has 1 unspecified atom stereocenters. The Kier molecular flexibility index (Phi) is 5.06. The van der Waals surface area contributed by atoms with Crippen molar-refractivity contribution in [2.24, 2.45) is 5.92 Å². The van der Waals surface area contributed by atoms with Gasteiger partial charge in [-0.3, -0.25) is 0 Å². The standard InChI is InChI=1S/C11H19NS/c1-3-5-6-10(4-2)9-11-12-7-8-13-11/h7-8,10H,3-6,9H2,1-2H3. The molecule has 13 heavy (non-hydrogen) atoms. The van der Waals surface area contributed by atoms with Crippen molar-refractivity contribution in [1.82, 2.24) is 4.98 Å². The maximum Gasteiger partial charge on any atom is 0.0927 e. The average molecular weight is 197 g/mol. The first-order chi connectivity index (χ1) is 6.36. The molecule has 1 heterocycles. The Hall–Kier alpha value is -0.370. The highest BCUT2D eigenvalue weighted by molar-refractivity contribution is 7.09. The lowest BCUT2D eigenvalue weighted by atomic mass is 9.96. The van der Waals surface area contributed by atoms with Gasteiger partial charge >= 0.3 is 0 Å². The van der Waals surface area contributed by atoms with Crippen LogP contribution < -0.4 is 0 Å². The van der Waals surface area contributed by atoms with Crippen molar-refractivity contribution in [2.45, 2.75) is 46.0 Å². The minimum Gasteiger partial charge on any atom is -0.250 e. The molecule has 0 bridgehead atoms. The highest BCUT2D eigenvalue weighted by atomic mass is 32.1. The molecule has 0 amide bonds. The summed E-state index contributed by atoms with van der Waals surface area (Å²) in [5, 5.41) is 3.38. The Morgan fingerprint density at radius 2 is 2.31 bits per heavy atom. The Bertz CT molecular complexity index is 206. The second-order valence-electron chi connectivity index (χ2n) is 3.55. The lowest BCUT2D eigenvalue weighted by Crippen LogP contribution is -2.02. The van der Waals surface area contributed by atoms with Gasteiger partial charge in [0.25, 0.3) is 0 Å². The van der Waals surface area contributed by atoms with Gasteiger partial charge in [0.15, 0.2) is 0 Å². The first kappa shape index (κ1) is 10.7. The summed E-state index contributed by atoms with van der Waals surface area (Å²) in [6.07, 6.45) is 8.44. The maximum absolute atomic E-state index is 4.33. The Morgan fingerprint density at radius 1 is 1.46 bits per heavy atom. The van der Waals surface area contributed by atoms with Gasteiger partial charge in [0.05, 0.1) is 5.01 Å². The van der Waals surface area contributed by atoms with E-state index >= 15 is 0 Å². The molecule has 0 fully saturated rings. The van der Waals surface area contributed by atoms with Crippen molar-refractivity contribution in [2.75, 3.05) is 0 Å². The van der Waals surface area contributed by atoms with Gasteiger partial charge in [0.1, 0.15) is 0 Å². The first-order valence-corrected chi connectivity index (χ1v) is 6.13. The molecule has 0 N–H and O–H groups in total. The third-order valence-electron chi connectivity index (χ3n) is 2.49. The van der Waals surface area contributed by atoms with Crippen molar-refractivity contribution in [3.05, 3.63) is 16.6 Å². The van der Waals surface area contributed by atoms with Crippen molar-refractivity contribution < 1.29 is 0 Å². The Labute approximate surface area is 85.2 Å². The molecule has 1 aromatic rings. The van der Waals surface area contributed by atoms with E-state index in [2.05, 4.69) is 24.2 Å². The van der Waals surface area contributed by atoms with Crippen LogP contribution in [0.25, 0.3) is 0 Å². The maximum atomic E-state index is 4.33. The van der Waals surface area contributed by atoms with Gasteiger partial charge in [-0.2, -0.15) is 0 Å². The van der Waals surface area contributed by atoms with E-state index in [1.807, 2.05) is 6.20 Å². The zero-order chi connectivity index (χ0) is 9.52. The molecule has 0 aliphatic heterocycles. The summed E-state index contributed by atoms with van der Waals surface area (Å²) in [6, 6.07) is 0. The average Bonchev–Trinajstić information content (AvgIpc) is 2.64. The molecule has 74 valence electrons. The van der Waals surface area contributed by atoms with Crippen LogP contribution in [-0.2, 0) is 6.42 Å². The second kappa shape index (κ2) is 6.14. The van der Waals surface area contributed by atoms with Crippen LogP contribution in [0.4, 0.5) is 0 Å². The smallest absolute Gasteiger partial charge is 0.0927 e. The fourth-order valence-electron chi connectivity index (χ4n) is 1.54. The highest BCUT2D eigenvalue weighted by Gasteiger charge is 2.07. The molecule has 1 rings (SSSR count). The predicted molar refractivity (Wildman–Crippen MR) is 59.1 cm³/mol. The van der Waals surface area contributed by atoms with E-state index in [1.54, 1.807) is 11.3 Å². The molecule has 1 atom stereocenters. The quantitative estimate of drug-likeness (QED) is 0.674. The number of hydrogen-bond donors (Lipinski definition) is 0. The molecular formula is C11H19NS. The van der Waals surface area contributed by atoms with Crippen LogP contribution in [-0.4, -0.2) is 4.98 Å². The summed E-state index contributed by atoms with van der Waals surface area (Å²) in [6.45, 7) is 4.55. The van der Waals surface area contributed by atoms with Gasteiger partial charge in [-0.1, -0.05) is 39.5 Å². The molecule has 0 radical (unpaired) electrons. The van der Waals surface area contributed by atoms with E-state index in [4.69, 9.17) is 0 Å². The SMILES string of the molecule is CCCCC(CC)Cc1nccs1. The van der Waals surface area contributed by atoms with Gasteiger partial charge in [-0.25, -0.2) is 4.98 Å². The van der Waals surface area contributed by atoms with Crippen LogP contribution in [0.1, 0.15) is 44.5 Å². The van der Waals surface area contributed by atoms with Crippen LogP contribution in [0, 0.1) is 5.92 Å². The highest BCUT2D eigenvalue weighted by Crippen LogP contribution is 2.19. The lowest BCUT2D eigenvalue weighted by Gasteiger charge is -2.11. The number of aromatic nitrogens is 1. The fourth-order valence-corrected chi connectivity index (χ4v) is 2.28. The number of nitrogens with zero attached hydrogens (tertiary/aromatic N) is 1. The number of thiazole rings is 1. The van der Waals surface area contributed by atoms with Gasteiger partial charge in [-0.05, 0) is 5.92 Å². The van der Waals surface area contributed by atoms with E-state index in [1.165, 1.54) is 37.1 Å². The third-order valence-corrected chi connectivity index (χ3v) is 3.29. The van der Waals surface area contributed by atoms with Crippen LogP contribution in [0.3, 0.4) is 0 Å². The van der Waals surface area contributed by atoms with Crippen molar-refractivity contribution >= 4 is 11.3 Å². The van der Waals surface area contributed by atoms with E-state index in [-0.39, 0.29) is 0 Å². The Balaban J connectivity index is 2.31. The predicted octanol–water partition coefficient (Wildman–Crippen LogP) is 3.90. The molecule has 1 aromatic heterocycles.